The first-order valence-electron chi connectivity index (χ1n) is 9.42. The predicted molar refractivity (Wildman–Crippen MR) is 112 cm³/mol. The van der Waals surface area contributed by atoms with Crippen molar-refractivity contribution in [3.8, 4) is 34.4 Å². The van der Waals surface area contributed by atoms with Gasteiger partial charge < -0.3 is 14.0 Å². The Labute approximate surface area is 178 Å². The smallest absolute Gasteiger partial charge is 0.339 e. The van der Waals surface area contributed by atoms with Crippen LogP contribution in [0.2, 0.25) is 0 Å². The van der Waals surface area contributed by atoms with Gasteiger partial charge in [-0.15, -0.1) is 0 Å². The molecule has 0 spiro atoms. The van der Waals surface area contributed by atoms with E-state index in [2.05, 4.69) is 16.2 Å². The molecule has 7 nitrogen and oxygen atoms in total. The number of hydrogen-bond acceptors (Lipinski definition) is 7. The normalized spacial score (nSPS) is 10.3. The van der Waals surface area contributed by atoms with Crippen molar-refractivity contribution in [2.24, 2.45) is 0 Å². The van der Waals surface area contributed by atoms with Gasteiger partial charge in [0, 0.05) is 11.1 Å². The van der Waals surface area contributed by atoms with Gasteiger partial charge in [-0.05, 0) is 42.0 Å². The summed E-state index contributed by atoms with van der Waals surface area (Å²) in [6.07, 6.45) is 0. The molecule has 0 aliphatic rings. The van der Waals surface area contributed by atoms with Crippen LogP contribution in [0.4, 0.5) is 0 Å². The van der Waals surface area contributed by atoms with E-state index in [-0.39, 0.29) is 12.4 Å². The topological polar surface area (TPSA) is 98.2 Å². The van der Waals surface area contributed by atoms with Crippen LogP contribution in [0, 0.1) is 11.3 Å². The molecule has 0 aliphatic carbocycles. The molecule has 0 saturated carbocycles. The van der Waals surface area contributed by atoms with Gasteiger partial charge in [0.25, 0.3) is 5.89 Å². The van der Waals surface area contributed by atoms with Crippen LogP contribution in [-0.4, -0.2) is 23.2 Å². The summed E-state index contributed by atoms with van der Waals surface area (Å²) in [6, 6.07) is 23.4. The van der Waals surface area contributed by atoms with E-state index in [1.165, 1.54) is 0 Å². The highest BCUT2D eigenvalue weighted by atomic mass is 16.5. The molecular weight excluding hydrogens is 394 g/mol. The minimum atomic E-state index is -0.542. The summed E-state index contributed by atoms with van der Waals surface area (Å²) in [5.41, 5.74) is 2.84. The zero-order valence-corrected chi connectivity index (χ0v) is 16.6. The molecule has 7 heteroatoms. The van der Waals surface area contributed by atoms with Gasteiger partial charge in [0.2, 0.25) is 5.82 Å². The Morgan fingerprint density at radius 1 is 1.00 bits per heavy atom. The quantitative estimate of drug-likeness (QED) is 0.426. The van der Waals surface area contributed by atoms with Gasteiger partial charge in [-0.25, -0.2) is 4.79 Å². The van der Waals surface area contributed by atoms with Gasteiger partial charge in [0.1, 0.15) is 5.75 Å². The molecule has 0 bridgehead atoms. The molecular formula is C24H17N3O4. The van der Waals surface area contributed by atoms with Crippen LogP contribution < -0.4 is 4.74 Å². The minimum absolute atomic E-state index is 0.146. The number of carbonyl (C=O) groups excluding carboxylic acids is 1. The lowest BCUT2D eigenvalue weighted by molar-refractivity contribution is 0.0460. The molecule has 4 aromatic rings. The lowest BCUT2D eigenvalue weighted by Crippen LogP contribution is -2.08. The fraction of sp³-hybridized carbons (Fsp3) is 0.0833. The summed E-state index contributed by atoms with van der Waals surface area (Å²) in [7, 11) is 1.59. The van der Waals surface area contributed by atoms with Crippen LogP contribution in [0.15, 0.2) is 77.3 Å². The first kappa shape index (κ1) is 19.9. The van der Waals surface area contributed by atoms with Crippen LogP contribution in [0.25, 0.3) is 22.6 Å². The highest BCUT2D eigenvalue weighted by molar-refractivity contribution is 5.98. The van der Waals surface area contributed by atoms with Crippen LogP contribution in [0.1, 0.15) is 21.7 Å². The second-order valence-corrected chi connectivity index (χ2v) is 6.52. The van der Waals surface area contributed by atoms with E-state index in [0.29, 0.717) is 33.9 Å². The van der Waals surface area contributed by atoms with E-state index in [4.69, 9.17) is 14.0 Å². The Kier molecular flexibility index (Phi) is 5.72. The van der Waals surface area contributed by atoms with Crippen molar-refractivity contribution in [3.05, 3.63) is 89.7 Å². The molecule has 0 saturated heterocycles. The largest absolute Gasteiger partial charge is 0.497 e. The fourth-order valence-corrected chi connectivity index (χ4v) is 3.08. The highest BCUT2D eigenvalue weighted by Gasteiger charge is 2.17. The number of hydrogen-bond donors (Lipinski definition) is 0. The Bertz CT molecular complexity index is 1260. The van der Waals surface area contributed by atoms with Crippen molar-refractivity contribution >= 4 is 5.97 Å². The number of esters is 1. The molecule has 3 aromatic carbocycles. The Balaban J connectivity index is 1.50. The van der Waals surface area contributed by atoms with Gasteiger partial charge in [0.15, 0.2) is 6.61 Å². The van der Waals surface area contributed by atoms with Crippen molar-refractivity contribution in [1.82, 2.24) is 10.1 Å². The van der Waals surface area contributed by atoms with E-state index in [1.807, 2.05) is 6.07 Å². The molecule has 0 amide bonds. The lowest BCUT2D eigenvalue weighted by atomic mass is 9.96. The van der Waals surface area contributed by atoms with E-state index in [0.717, 1.165) is 5.56 Å². The zero-order chi connectivity index (χ0) is 21.6. The van der Waals surface area contributed by atoms with E-state index < -0.39 is 5.97 Å². The van der Waals surface area contributed by atoms with Crippen LogP contribution >= 0.6 is 0 Å². The monoisotopic (exact) mass is 411 g/mol. The van der Waals surface area contributed by atoms with Gasteiger partial charge in [0.05, 0.1) is 24.3 Å². The van der Waals surface area contributed by atoms with Crippen molar-refractivity contribution in [1.29, 1.82) is 5.26 Å². The Morgan fingerprint density at radius 2 is 1.71 bits per heavy atom. The Morgan fingerprint density at radius 3 is 2.45 bits per heavy atom. The third-order valence-electron chi connectivity index (χ3n) is 4.62. The summed E-state index contributed by atoms with van der Waals surface area (Å²) in [5, 5.41) is 13.3. The van der Waals surface area contributed by atoms with Crippen molar-refractivity contribution < 1.29 is 18.8 Å². The molecule has 0 atom stereocenters. The maximum absolute atomic E-state index is 12.8. The summed E-state index contributed by atoms with van der Waals surface area (Å²) in [5.74, 6) is 0.735. The lowest BCUT2D eigenvalue weighted by Gasteiger charge is -2.10. The molecule has 0 aliphatic heterocycles. The zero-order valence-electron chi connectivity index (χ0n) is 16.6. The van der Waals surface area contributed by atoms with E-state index >= 15 is 0 Å². The third-order valence-corrected chi connectivity index (χ3v) is 4.62. The highest BCUT2D eigenvalue weighted by Crippen LogP contribution is 2.27. The van der Waals surface area contributed by atoms with Gasteiger partial charge in [-0.3, -0.25) is 0 Å². The van der Waals surface area contributed by atoms with Crippen LogP contribution in [0.5, 0.6) is 5.75 Å². The third kappa shape index (κ3) is 4.28. The molecule has 0 N–H and O–H groups in total. The second-order valence-electron chi connectivity index (χ2n) is 6.52. The van der Waals surface area contributed by atoms with Gasteiger partial charge >= 0.3 is 5.97 Å². The van der Waals surface area contributed by atoms with Crippen LogP contribution in [0.3, 0.4) is 0 Å². The first-order chi connectivity index (χ1) is 15.2. The average molecular weight is 411 g/mol. The summed E-state index contributed by atoms with van der Waals surface area (Å²) in [6.45, 7) is -0.146. The predicted octanol–water partition coefficient (Wildman–Crippen LogP) is 4.64. The SMILES string of the molecule is COc1ccc(-c2nc(COC(=O)c3ccccc3-c3ccccc3C#N)no2)cc1. The molecule has 0 unspecified atom stereocenters. The van der Waals surface area contributed by atoms with Crippen molar-refractivity contribution in [3.63, 3.8) is 0 Å². The molecule has 0 radical (unpaired) electrons. The number of nitrogens with zero attached hydrogens (tertiary/aromatic N) is 3. The van der Waals surface area contributed by atoms with Crippen molar-refractivity contribution in [2.45, 2.75) is 6.61 Å². The molecule has 1 aromatic heterocycles. The number of carbonyl (C=O) groups is 1. The van der Waals surface area contributed by atoms with Crippen LogP contribution in [-0.2, 0) is 11.3 Å². The Hall–Kier alpha value is -4.44. The maximum atomic E-state index is 12.8. The standard InChI is InChI=1S/C24H17N3O4/c1-29-18-12-10-16(11-13-18)23-26-22(27-31-23)15-30-24(28)21-9-5-4-8-20(21)19-7-3-2-6-17(19)14-25/h2-13H,15H2,1H3. The number of benzene rings is 3. The molecule has 152 valence electrons. The maximum Gasteiger partial charge on any atom is 0.339 e. The number of ether oxygens (including phenoxy) is 2. The fourth-order valence-electron chi connectivity index (χ4n) is 3.08. The molecule has 31 heavy (non-hydrogen) atoms. The first-order valence-corrected chi connectivity index (χ1v) is 9.42. The minimum Gasteiger partial charge on any atom is -0.497 e. The number of aromatic nitrogens is 2. The van der Waals surface area contributed by atoms with E-state index in [9.17, 15) is 10.1 Å². The van der Waals surface area contributed by atoms with Gasteiger partial charge in [-0.2, -0.15) is 10.2 Å². The van der Waals surface area contributed by atoms with E-state index in [1.54, 1.807) is 73.8 Å². The summed E-state index contributed by atoms with van der Waals surface area (Å²) >= 11 is 0. The van der Waals surface area contributed by atoms with Gasteiger partial charge in [-0.1, -0.05) is 41.6 Å². The second kappa shape index (κ2) is 8.93. The molecule has 1 heterocycles. The number of rotatable bonds is 6. The summed E-state index contributed by atoms with van der Waals surface area (Å²) in [4.78, 5) is 17.0. The van der Waals surface area contributed by atoms with Crippen molar-refractivity contribution in [2.75, 3.05) is 7.11 Å². The summed E-state index contributed by atoms with van der Waals surface area (Å²) < 4.78 is 15.8. The number of nitriles is 1. The molecule has 4 rings (SSSR count). The average Bonchev–Trinajstić information content (AvgIpc) is 3.31. The molecule has 0 fully saturated rings. The number of methoxy groups -OCH3 is 1.